The zero-order valence-electron chi connectivity index (χ0n) is 17.5. The summed E-state index contributed by atoms with van der Waals surface area (Å²) < 4.78 is 0. The largest absolute Gasteiger partial charge is 0.511 e. The number of carbonyl (C=O) groups is 1. The van der Waals surface area contributed by atoms with E-state index in [1.807, 2.05) is 0 Å². The second-order valence-corrected chi connectivity index (χ2v) is 7.86. The average Bonchev–Trinajstić information content (AvgIpc) is 2.89. The molecule has 0 fully saturated rings. The van der Waals surface area contributed by atoms with E-state index in [-0.39, 0.29) is 17.6 Å². The SMILES string of the molecule is CCc1cc(C)cc(CC)c1C1=C(O)[C@@H]([C@H](CC)C(C)=C(C)C)CC1=O. The molecule has 2 heteroatoms. The molecule has 26 heavy (non-hydrogen) atoms. The third-order valence-electron chi connectivity index (χ3n) is 6.02. The molecular weight excluding hydrogens is 320 g/mol. The van der Waals surface area contributed by atoms with Crippen LogP contribution in [0.25, 0.3) is 5.57 Å². The third kappa shape index (κ3) is 3.65. The van der Waals surface area contributed by atoms with Gasteiger partial charge in [-0.1, -0.05) is 49.6 Å². The fraction of sp³-hybridized carbons (Fsp3) is 0.542. The second kappa shape index (κ2) is 8.24. The van der Waals surface area contributed by atoms with Crippen molar-refractivity contribution in [2.24, 2.45) is 11.8 Å². The molecule has 0 heterocycles. The van der Waals surface area contributed by atoms with Gasteiger partial charge in [-0.15, -0.1) is 0 Å². The van der Waals surface area contributed by atoms with Gasteiger partial charge in [0, 0.05) is 12.3 Å². The van der Waals surface area contributed by atoms with Crippen LogP contribution in [0.5, 0.6) is 0 Å². The molecule has 1 aliphatic rings. The van der Waals surface area contributed by atoms with Crippen molar-refractivity contribution in [1.82, 2.24) is 0 Å². The number of benzene rings is 1. The number of allylic oxidation sites excluding steroid dienone is 4. The lowest BCUT2D eigenvalue weighted by Crippen LogP contribution is -2.16. The molecular formula is C24H34O2. The predicted octanol–water partition coefficient (Wildman–Crippen LogP) is 6.36. The van der Waals surface area contributed by atoms with E-state index in [0.717, 1.165) is 24.8 Å². The summed E-state index contributed by atoms with van der Waals surface area (Å²) in [4.78, 5) is 13.0. The van der Waals surface area contributed by atoms with Gasteiger partial charge in [-0.05, 0) is 69.6 Å². The Kier molecular flexibility index (Phi) is 6.49. The Labute approximate surface area is 159 Å². The van der Waals surface area contributed by atoms with Crippen LogP contribution in [0.2, 0.25) is 0 Å². The van der Waals surface area contributed by atoms with Crippen LogP contribution in [0.4, 0.5) is 0 Å². The lowest BCUT2D eigenvalue weighted by atomic mass is 9.81. The highest BCUT2D eigenvalue weighted by atomic mass is 16.3. The Bertz CT molecular complexity index is 735. The normalized spacial score (nSPS) is 18.4. The van der Waals surface area contributed by atoms with E-state index < -0.39 is 0 Å². The maximum Gasteiger partial charge on any atom is 0.167 e. The predicted molar refractivity (Wildman–Crippen MR) is 110 cm³/mol. The Morgan fingerprint density at radius 1 is 1.12 bits per heavy atom. The van der Waals surface area contributed by atoms with Gasteiger partial charge in [0.05, 0.1) is 5.57 Å². The summed E-state index contributed by atoms with van der Waals surface area (Å²) in [5, 5.41) is 11.2. The molecule has 1 N–H and O–H groups in total. The van der Waals surface area contributed by atoms with Crippen molar-refractivity contribution in [2.45, 2.75) is 74.1 Å². The molecule has 0 aromatic heterocycles. The van der Waals surface area contributed by atoms with Crippen LogP contribution in [0.15, 0.2) is 29.0 Å². The molecule has 0 saturated heterocycles. The summed E-state index contributed by atoms with van der Waals surface area (Å²) in [5.74, 6) is 0.548. The molecule has 0 bridgehead atoms. The fourth-order valence-corrected chi connectivity index (χ4v) is 4.41. The fourth-order valence-electron chi connectivity index (χ4n) is 4.41. The van der Waals surface area contributed by atoms with Crippen molar-refractivity contribution >= 4 is 11.4 Å². The minimum Gasteiger partial charge on any atom is -0.511 e. The van der Waals surface area contributed by atoms with Crippen LogP contribution in [-0.2, 0) is 17.6 Å². The standard InChI is InChI=1S/C24H34O2/c1-8-17-11-15(6)12-18(9-2)22(17)23-21(25)13-20(24(23)26)19(10-3)16(7)14(4)5/h11-12,19-20,26H,8-10,13H2,1-7H3/t19-,20-/m1/s1. The molecule has 1 aromatic rings. The summed E-state index contributed by atoms with van der Waals surface area (Å²) in [5.41, 5.74) is 7.72. The van der Waals surface area contributed by atoms with Crippen LogP contribution >= 0.6 is 0 Å². The van der Waals surface area contributed by atoms with Crippen molar-refractivity contribution in [3.8, 4) is 0 Å². The van der Waals surface area contributed by atoms with E-state index in [9.17, 15) is 9.90 Å². The van der Waals surface area contributed by atoms with Gasteiger partial charge in [-0.2, -0.15) is 0 Å². The lowest BCUT2D eigenvalue weighted by Gasteiger charge is -2.24. The monoisotopic (exact) mass is 354 g/mol. The van der Waals surface area contributed by atoms with Crippen LogP contribution < -0.4 is 0 Å². The van der Waals surface area contributed by atoms with Gasteiger partial charge < -0.3 is 5.11 Å². The van der Waals surface area contributed by atoms with E-state index in [2.05, 4.69) is 60.6 Å². The first-order valence-corrected chi connectivity index (χ1v) is 9.99. The molecule has 142 valence electrons. The molecule has 2 rings (SSSR count). The van der Waals surface area contributed by atoms with Crippen molar-refractivity contribution in [3.05, 3.63) is 51.3 Å². The van der Waals surface area contributed by atoms with E-state index in [1.54, 1.807) is 0 Å². The Hall–Kier alpha value is -1.83. The second-order valence-electron chi connectivity index (χ2n) is 7.86. The molecule has 0 aliphatic heterocycles. The van der Waals surface area contributed by atoms with E-state index in [0.29, 0.717) is 17.8 Å². The molecule has 0 amide bonds. The highest BCUT2D eigenvalue weighted by Gasteiger charge is 2.39. The van der Waals surface area contributed by atoms with E-state index in [4.69, 9.17) is 0 Å². The lowest BCUT2D eigenvalue weighted by molar-refractivity contribution is -0.113. The van der Waals surface area contributed by atoms with Gasteiger partial charge in [-0.25, -0.2) is 0 Å². The summed E-state index contributed by atoms with van der Waals surface area (Å²) in [6.07, 6.45) is 3.08. The highest BCUT2D eigenvalue weighted by molar-refractivity contribution is 6.24. The molecule has 0 unspecified atom stereocenters. The minimum atomic E-state index is -0.0897. The highest BCUT2D eigenvalue weighted by Crippen LogP contribution is 2.44. The Balaban J connectivity index is 2.65. The molecule has 2 atom stereocenters. The maximum absolute atomic E-state index is 13.0. The molecule has 0 spiro atoms. The summed E-state index contributed by atoms with van der Waals surface area (Å²) in [6, 6.07) is 4.32. The first kappa shape index (κ1) is 20.5. The molecule has 1 aliphatic carbocycles. The number of Topliss-reactive ketones (excluding diaryl/α,β-unsaturated/α-hetero) is 1. The van der Waals surface area contributed by atoms with Crippen LogP contribution in [-0.4, -0.2) is 10.9 Å². The Morgan fingerprint density at radius 2 is 1.65 bits per heavy atom. The van der Waals surface area contributed by atoms with Gasteiger partial charge in [0.25, 0.3) is 0 Å². The van der Waals surface area contributed by atoms with Crippen molar-refractivity contribution in [1.29, 1.82) is 0 Å². The number of rotatable bonds is 6. The molecule has 0 radical (unpaired) electrons. The number of carbonyl (C=O) groups excluding carboxylic acids is 1. The molecule has 0 saturated carbocycles. The number of hydrogen-bond donors (Lipinski definition) is 1. The smallest absolute Gasteiger partial charge is 0.167 e. The van der Waals surface area contributed by atoms with Gasteiger partial charge in [0.1, 0.15) is 5.76 Å². The van der Waals surface area contributed by atoms with Crippen molar-refractivity contribution in [3.63, 3.8) is 0 Å². The molecule has 2 nitrogen and oxygen atoms in total. The summed E-state index contributed by atoms with van der Waals surface area (Å²) in [6.45, 7) is 14.8. The summed E-state index contributed by atoms with van der Waals surface area (Å²) >= 11 is 0. The van der Waals surface area contributed by atoms with Crippen LogP contribution in [0.1, 0.15) is 76.6 Å². The first-order chi connectivity index (χ1) is 12.3. The molecule has 1 aromatic carbocycles. The maximum atomic E-state index is 13.0. The van der Waals surface area contributed by atoms with Crippen molar-refractivity contribution in [2.75, 3.05) is 0 Å². The van der Waals surface area contributed by atoms with Crippen LogP contribution in [0, 0.1) is 18.8 Å². The van der Waals surface area contributed by atoms with E-state index >= 15 is 0 Å². The van der Waals surface area contributed by atoms with Crippen LogP contribution in [0.3, 0.4) is 0 Å². The van der Waals surface area contributed by atoms with Gasteiger partial charge in [0.2, 0.25) is 0 Å². The van der Waals surface area contributed by atoms with Gasteiger partial charge in [-0.3, -0.25) is 4.79 Å². The zero-order chi connectivity index (χ0) is 19.6. The van der Waals surface area contributed by atoms with E-state index in [1.165, 1.54) is 27.8 Å². The number of ketones is 1. The van der Waals surface area contributed by atoms with Crippen molar-refractivity contribution < 1.29 is 9.90 Å². The first-order valence-electron chi connectivity index (χ1n) is 9.99. The zero-order valence-corrected chi connectivity index (χ0v) is 17.5. The third-order valence-corrected chi connectivity index (χ3v) is 6.02. The Morgan fingerprint density at radius 3 is 2.08 bits per heavy atom. The topological polar surface area (TPSA) is 37.3 Å². The summed E-state index contributed by atoms with van der Waals surface area (Å²) in [7, 11) is 0. The van der Waals surface area contributed by atoms with Gasteiger partial charge in [0.15, 0.2) is 5.78 Å². The average molecular weight is 355 g/mol. The van der Waals surface area contributed by atoms with Gasteiger partial charge >= 0.3 is 0 Å². The number of aliphatic hydroxyl groups is 1. The quantitative estimate of drug-likeness (QED) is 0.603. The number of hydrogen-bond acceptors (Lipinski definition) is 2. The number of aryl methyl sites for hydroxylation is 3. The minimum absolute atomic E-state index is 0.0897. The number of aliphatic hydroxyl groups excluding tert-OH is 1.